The van der Waals surface area contributed by atoms with Crippen LogP contribution in [0.25, 0.3) is 11.2 Å². The highest BCUT2D eigenvalue weighted by Crippen LogP contribution is 2.19. The predicted molar refractivity (Wildman–Crippen MR) is 58.4 cm³/mol. The third kappa shape index (κ3) is 1.61. The van der Waals surface area contributed by atoms with Crippen molar-refractivity contribution in [2.45, 2.75) is 25.4 Å². The molecule has 0 atom stereocenters. The summed E-state index contributed by atoms with van der Waals surface area (Å²) in [5, 5.41) is 3.46. The molecule has 1 fully saturated rings. The molecule has 1 saturated carbocycles. The van der Waals surface area contributed by atoms with E-state index >= 15 is 0 Å². The van der Waals surface area contributed by atoms with Crippen LogP contribution in [-0.2, 0) is 13.6 Å². The maximum absolute atomic E-state index is 4.50. The van der Waals surface area contributed by atoms with Crippen molar-refractivity contribution >= 4 is 11.2 Å². The van der Waals surface area contributed by atoms with Crippen LogP contribution in [-0.4, -0.2) is 20.6 Å². The lowest BCUT2D eigenvalue weighted by atomic mass is 10.4. The SMILES string of the molecule is Cn1c(CNC2CC2)nc2ncccc21. The van der Waals surface area contributed by atoms with Crippen molar-refractivity contribution in [2.24, 2.45) is 7.05 Å². The van der Waals surface area contributed by atoms with Gasteiger partial charge in [0.05, 0.1) is 12.1 Å². The molecular weight excluding hydrogens is 188 g/mol. The molecule has 4 heteroatoms. The van der Waals surface area contributed by atoms with Gasteiger partial charge in [-0.05, 0) is 25.0 Å². The highest BCUT2D eigenvalue weighted by Gasteiger charge is 2.21. The zero-order valence-corrected chi connectivity index (χ0v) is 8.77. The number of pyridine rings is 1. The predicted octanol–water partition coefficient (Wildman–Crippen LogP) is 1.22. The Hall–Kier alpha value is -1.42. The van der Waals surface area contributed by atoms with E-state index in [4.69, 9.17) is 0 Å². The molecule has 15 heavy (non-hydrogen) atoms. The van der Waals surface area contributed by atoms with E-state index in [0.717, 1.165) is 29.6 Å². The maximum atomic E-state index is 4.50. The maximum Gasteiger partial charge on any atom is 0.177 e. The summed E-state index contributed by atoms with van der Waals surface area (Å²) in [5.74, 6) is 1.07. The second kappa shape index (κ2) is 3.31. The molecule has 2 aromatic heterocycles. The van der Waals surface area contributed by atoms with Crippen LogP contribution in [0.1, 0.15) is 18.7 Å². The van der Waals surface area contributed by atoms with E-state index in [1.54, 1.807) is 6.20 Å². The van der Waals surface area contributed by atoms with E-state index in [0.29, 0.717) is 0 Å². The Balaban J connectivity index is 1.92. The number of imidazole rings is 1. The molecule has 3 rings (SSSR count). The van der Waals surface area contributed by atoms with E-state index in [9.17, 15) is 0 Å². The topological polar surface area (TPSA) is 42.7 Å². The van der Waals surface area contributed by atoms with E-state index in [1.165, 1.54) is 12.8 Å². The quantitative estimate of drug-likeness (QED) is 0.813. The zero-order valence-electron chi connectivity index (χ0n) is 8.77. The standard InChI is InChI=1S/C11H14N4/c1-15-9-3-2-6-12-11(9)14-10(15)7-13-8-4-5-8/h2-3,6,8,13H,4-5,7H2,1H3. The molecule has 1 aliphatic carbocycles. The Morgan fingerprint density at radius 3 is 3.13 bits per heavy atom. The van der Waals surface area contributed by atoms with Gasteiger partial charge >= 0.3 is 0 Å². The van der Waals surface area contributed by atoms with E-state index in [1.807, 2.05) is 13.1 Å². The molecular formula is C11H14N4. The Labute approximate surface area is 88.3 Å². The summed E-state index contributed by atoms with van der Waals surface area (Å²) in [4.78, 5) is 8.75. The zero-order chi connectivity index (χ0) is 10.3. The van der Waals surface area contributed by atoms with Gasteiger partial charge in [-0.25, -0.2) is 9.97 Å². The minimum absolute atomic E-state index is 0.720. The van der Waals surface area contributed by atoms with Crippen LogP contribution in [0.2, 0.25) is 0 Å². The largest absolute Gasteiger partial charge is 0.329 e. The molecule has 0 spiro atoms. The molecule has 78 valence electrons. The summed E-state index contributed by atoms with van der Waals surface area (Å²) < 4.78 is 2.11. The molecule has 0 aromatic carbocycles. The van der Waals surface area contributed by atoms with Gasteiger partial charge in [-0.1, -0.05) is 0 Å². The fourth-order valence-electron chi connectivity index (χ4n) is 1.75. The highest BCUT2D eigenvalue weighted by atomic mass is 15.1. The lowest BCUT2D eigenvalue weighted by molar-refractivity contribution is 0.639. The molecule has 0 unspecified atom stereocenters. The molecule has 0 saturated heterocycles. The van der Waals surface area contributed by atoms with Gasteiger partial charge in [-0.2, -0.15) is 0 Å². The number of aromatic nitrogens is 3. The number of hydrogen-bond donors (Lipinski definition) is 1. The second-order valence-electron chi connectivity index (χ2n) is 4.09. The summed E-state index contributed by atoms with van der Waals surface area (Å²) >= 11 is 0. The van der Waals surface area contributed by atoms with Crippen LogP contribution in [0.4, 0.5) is 0 Å². The smallest absolute Gasteiger partial charge is 0.177 e. The van der Waals surface area contributed by atoms with Crippen molar-refractivity contribution in [3.63, 3.8) is 0 Å². The minimum atomic E-state index is 0.720. The number of nitrogens with zero attached hydrogens (tertiary/aromatic N) is 3. The second-order valence-corrected chi connectivity index (χ2v) is 4.09. The Morgan fingerprint density at radius 2 is 2.40 bits per heavy atom. The molecule has 0 aliphatic heterocycles. The highest BCUT2D eigenvalue weighted by molar-refractivity contribution is 5.71. The molecule has 0 amide bonds. The summed E-state index contributed by atoms with van der Waals surface area (Å²) in [6.45, 7) is 0.845. The summed E-state index contributed by atoms with van der Waals surface area (Å²) in [6.07, 6.45) is 4.40. The van der Waals surface area contributed by atoms with Crippen molar-refractivity contribution in [3.05, 3.63) is 24.2 Å². The van der Waals surface area contributed by atoms with Gasteiger partial charge < -0.3 is 9.88 Å². The Kier molecular flexibility index (Phi) is 1.95. The van der Waals surface area contributed by atoms with Gasteiger partial charge in [0, 0.05) is 19.3 Å². The van der Waals surface area contributed by atoms with Gasteiger partial charge in [0.2, 0.25) is 0 Å². The normalized spacial score (nSPS) is 16.1. The summed E-state index contributed by atoms with van der Waals surface area (Å²) in [6, 6.07) is 4.72. The average molecular weight is 202 g/mol. The molecule has 2 heterocycles. The first-order chi connectivity index (χ1) is 7.34. The van der Waals surface area contributed by atoms with E-state index in [2.05, 4.69) is 25.9 Å². The minimum Gasteiger partial charge on any atom is -0.329 e. The molecule has 4 nitrogen and oxygen atoms in total. The first-order valence-corrected chi connectivity index (χ1v) is 5.34. The van der Waals surface area contributed by atoms with Gasteiger partial charge in [0.1, 0.15) is 5.82 Å². The lowest BCUT2D eigenvalue weighted by Crippen LogP contribution is -2.18. The van der Waals surface area contributed by atoms with Gasteiger partial charge in [-0.15, -0.1) is 0 Å². The fraction of sp³-hybridized carbons (Fsp3) is 0.455. The van der Waals surface area contributed by atoms with Crippen LogP contribution >= 0.6 is 0 Å². The molecule has 0 bridgehead atoms. The third-order valence-electron chi connectivity index (χ3n) is 2.88. The summed E-state index contributed by atoms with van der Waals surface area (Å²) in [7, 11) is 2.04. The molecule has 2 aromatic rings. The lowest BCUT2D eigenvalue weighted by Gasteiger charge is -2.02. The van der Waals surface area contributed by atoms with E-state index in [-0.39, 0.29) is 0 Å². The van der Waals surface area contributed by atoms with Gasteiger partial charge in [0.25, 0.3) is 0 Å². The van der Waals surface area contributed by atoms with Gasteiger partial charge in [-0.3, -0.25) is 0 Å². The molecule has 1 aliphatic rings. The van der Waals surface area contributed by atoms with Crippen LogP contribution in [0.5, 0.6) is 0 Å². The van der Waals surface area contributed by atoms with Crippen molar-refractivity contribution in [2.75, 3.05) is 0 Å². The van der Waals surface area contributed by atoms with Crippen LogP contribution in [0.3, 0.4) is 0 Å². The first kappa shape index (κ1) is 8.85. The van der Waals surface area contributed by atoms with Crippen molar-refractivity contribution < 1.29 is 0 Å². The summed E-state index contributed by atoms with van der Waals surface area (Å²) in [5.41, 5.74) is 1.94. The van der Waals surface area contributed by atoms with Crippen molar-refractivity contribution in [3.8, 4) is 0 Å². The Morgan fingerprint density at radius 1 is 1.53 bits per heavy atom. The number of aryl methyl sites for hydroxylation is 1. The first-order valence-electron chi connectivity index (χ1n) is 5.34. The van der Waals surface area contributed by atoms with E-state index < -0.39 is 0 Å². The third-order valence-corrected chi connectivity index (χ3v) is 2.88. The van der Waals surface area contributed by atoms with Crippen LogP contribution < -0.4 is 5.32 Å². The van der Waals surface area contributed by atoms with Crippen molar-refractivity contribution in [1.29, 1.82) is 0 Å². The number of nitrogens with one attached hydrogen (secondary N) is 1. The van der Waals surface area contributed by atoms with Gasteiger partial charge in [0.15, 0.2) is 5.65 Å². The monoisotopic (exact) mass is 202 g/mol. The number of fused-ring (bicyclic) bond motifs is 1. The van der Waals surface area contributed by atoms with Crippen LogP contribution in [0.15, 0.2) is 18.3 Å². The molecule has 0 radical (unpaired) electrons. The Bertz CT molecular complexity index is 484. The fourth-order valence-corrected chi connectivity index (χ4v) is 1.75. The average Bonchev–Trinajstić information content (AvgIpc) is 3.03. The molecule has 1 N–H and O–H groups in total. The van der Waals surface area contributed by atoms with Crippen LogP contribution in [0, 0.1) is 0 Å². The van der Waals surface area contributed by atoms with Crippen molar-refractivity contribution in [1.82, 2.24) is 19.9 Å². The number of rotatable bonds is 3. The number of hydrogen-bond acceptors (Lipinski definition) is 3.